The summed E-state index contributed by atoms with van der Waals surface area (Å²) in [4.78, 5) is 18.4. The second-order valence-corrected chi connectivity index (χ2v) is 4.45. The van der Waals surface area contributed by atoms with Crippen LogP contribution in [0.3, 0.4) is 0 Å². The van der Waals surface area contributed by atoms with Crippen LogP contribution >= 0.6 is 0 Å². The highest BCUT2D eigenvalue weighted by Gasteiger charge is 2.26. The van der Waals surface area contributed by atoms with E-state index in [-0.39, 0.29) is 5.56 Å². The summed E-state index contributed by atoms with van der Waals surface area (Å²) in [5.74, 6) is 2.12. The summed E-state index contributed by atoms with van der Waals surface area (Å²) < 4.78 is 5.44. The molecular weight excluding hydrogens is 192 g/mol. The molecule has 0 bridgehead atoms. The van der Waals surface area contributed by atoms with Crippen LogP contribution in [0.2, 0.25) is 0 Å². The molecule has 82 valence electrons. The number of rotatable bonds is 4. The fourth-order valence-corrected chi connectivity index (χ4v) is 1.33. The van der Waals surface area contributed by atoms with Crippen LogP contribution < -0.4 is 10.3 Å². The SMILES string of the molecule is CC(C)COc1cc(=O)[nH]c(C2CC2)n1. The first-order chi connectivity index (χ1) is 7.15. The van der Waals surface area contributed by atoms with Crippen LogP contribution in [0.1, 0.15) is 38.4 Å². The quantitative estimate of drug-likeness (QED) is 0.819. The van der Waals surface area contributed by atoms with Crippen molar-refractivity contribution in [1.82, 2.24) is 9.97 Å². The highest BCUT2D eigenvalue weighted by molar-refractivity contribution is 5.14. The van der Waals surface area contributed by atoms with Gasteiger partial charge in [-0.1, -0.05) is 13.8 Å². The van der Waals surface area contributed by atoms with Gasteiger partial charge in [0.15, 0.2) is 0 Å². The third kappa shape index (κ3) is 2.81. The topological polar surface area (TPSA) is 55.0 Å². The minimum absolute atomic E-state index is 0.120. The molecule has 2 rings (SSSR count). The Kier molecular flexibility index (Phi) is 2.75. The number of hydrogen-bond donors (Lipinski definition) is 1. The maximum Gasteiger partial charge on any atom is 0.254 e. The molecule has 0 spiro atoms. The van der Waals surface area contributed by atoms with Gasteiger partial charge in [-0.3, -0.25) is 4.79 Å². The Morgan fingerprint density at radius 3 is 2.93 bits per heavy atom. The zero-order valence-electron chi connectivity index (χ0n) is 9.12. The van der Waals surface area contributed by atoms with Gasteiger partial charge >= 0.3 is 0 Å². The van der Waals surface area contributed by atoms with E-state index < -0.39 is 0 Å². The molecule has 0 atom stereocenters. The largest absolute Gasteiger partial charge is 0.477 e. The molecule has 0 aromatic carbocycles. The van der Waals surface area contributed by atoms with E-state index in [0.717, 1.165) is 18.7 Å². The van der Waals surface area contributed by atoms with Gasteiger partial charge in [-0.2, -0.15) is 4.98 Å². The maximum absolute atomic E-state index is 11.3. The Morgan fingerprint density at radius 1 is 1.60 bits per heavy atom. The lowest BCUT2D eigenvalue weighted by Gasteiger charge is -2.08. The molecule has 0 saturated heterocycles. The second-order valence-electron chi connectivity index (χ2n) is 4.45. The van der Waals surface area contributed by atoms with Crippen molar-refractivity contribution in [3.05, 3.63) is 22.2 Å². The van der Waals surface area contributed by atoms with Gasteiger partial charge in [-0.25, -0.2) is 0 Å². The summed E-state index contributed by atoms with van der Waals surface area (Å²) in [6, 6.07) is 1.41. The van der Waals surface area contributed by atoms with Crippen molar-refractivity contribution in [2.75, 3.05) is 6.61 Å². The van der Waals surface area contributed by atoms with Gasteiger partial charge in [0.2, 0.25) is 5.88 Å². The van der Waals surface area contributed by atoms with Crippen LogP contribution in [-0.4, -0.2) is 16.6 Å². The lowest BCUT2D eigenvalue weighted by atomic mass is 10.2. The number of hydrogen-bond acceptors (Lipinski definition) is 3. The first-order valence-corrected chi connectivity index (χ1v) is 5.39. The zero-order chi connectivity index (χ0) is 10.8. The molecule has 1 N–H and O–H groups in total. The van der Waals surface area contributed by atoms with Crippen molar-refractivity contribution in [1.29, 1.82) is 0 Å². The molecule has 1 aliphatic rings. The number of ether oxygens (including phenoxy) is 1. The third-order valence-electron chi connectivity index (χ3n) is 2.27. The summed E-state index contributed by atoms with van der Waals surface area (Å²) in [6.07, 6.45) is 2.24. The Bertz CT molecular complexity index is 394. The third-order valence-corrected chi connectivity index (χ3v) is 2.27. The highest BCUT2D eigenvalue weighted by Crippen LogP contribution is 2.37. The van der Waals surface area contributed by atoms with Gasteiger partial charge < -0.3 is 9.72 Å². The number of aromatic nitrogens is 2. The van der Waals surface area contributed by atoms with Gasteiger partial charge in [-0.15, -0.1) is 0 Å². The Hall–Kier alpha value is -1.32. The van der Waals surface area contributed by atoms with Crippen LogP contribution in [0.25, 0.3) is 0 Å². The molecular formula is C11H16N2O2. The summed E-state index contributed by atoms with van der Waals surface area (Å²) in [5, 5.41) is 0. The van der Waals surface area contributed by atoms with E-state index in [9.17, 15) is 4.79 Å². The molecule has 1 aliphatic carbocycles. The molecule has 0 radical (unpaired) electrons. The molecule has 1 fully saturated rings. The van der Waals surface area contributed by atoms with Crippen molar-refractivity contribution in [2.24, 2.45) is 5.92 Å². The summed E-state index contributed by atoms with van der Waals surface area (Å²) in [7, 11) is 0. The van der Waals surface area contributed by atoms with Gasteiger partial charge in [0.1, 0.15) is 5.82 Å². The first kappa shape index (κ1) is 10.2. The summed E-state index contributed by atoms with van der Waals surface area (Å²) in [5.41, 5.74) is -0.120. The molecule has 15 heavy (non-hydrogen) atoms. The predicted molar refractivity (Wildman–Crippen MR) is 57.2 cm³/mol. The molecule has 4 nitrogen and oxygen atoms in total. The van der Waals surface area contributed by atoms with E-state index >= 15 is 0 Å². The lowest BCUT2D eigenvalue weighted by Crippen LogP contribution is -2.13. The van der Waals surface area contributed by atoms with E-state index in [2.05, 4.69) is 23.8 Å². The standard InChI is InChI=1S/C11H16N2O2/c1-7(2)6-15-10-5-9(14)12-11(13-10)8-3-4-8/h5,7-8H,3-4,6H2,1-2H3,(H,12,13,14). The van der Waals surface area contributed by atoms with E-state index in [1.165, 1.54) is 6.07 Å². The Balaban J connectivity index is 2.12. The van der Waals surface area contributed by atoms with Crippen LogP contribution in [0.4, 0.5) is 0 Å². The minimum Gasteiger partial charge on any atom is -0.477 e. The van der Waals surface area contributed by atoms with Crippen LogP contribution in [0, 0.1) is 5.92 Å². The maximum atomic E-state index is 11.3. The van der Waals surface area contributed by atoms with Crippen molar-refractivity contribution in [3.8, 4) is 5.88 Å². The second kappa shape index (κ2) is 4.04. The van der Waals surface area contributed by atoms with E-state index in [0.29, 0.717) is 24.3 Å². The highest BCUT2D eigenvalue weighted by atomic mass is 16.5. The first-order valence-electron chi connectivity index (χ1n) is 5.39. The summed E-state index contributed by atoms with van der Waals surface area (Å²) in [6.45, 7) is 4.73. The van der Waals surface area contributed by atoms with Gasteiger partial charge in [0, 0.05) is 5.92 Å². The Labute approximate surface area is 88.7 Å². The summed E-state index contributed by atoms with van der Waals surface area (Å²) >= 11 is 0. The minimum atomic E-state index is -0.120. The molecule has 0 aliphatic heterocycles. The normalized spacial score (nSPS) is 15.7. The monoisotopic (exact) mass is 208 g/mol. The average Bonchev–Trinajstić information content (AvgIpc) is 2.97. The van der Waals surface area contributed by atoms with Crippen molar-refractivity contribution >= 4 is 0 Å². The smallest absolute Gasteiger partial charge is 0.254 e. The number of nitrogens with one attached hydrogen (secondary N) is 1. The van der Waals surface area contributed by atoms with Crippen molar-refractivity contribution in [2.45, 2.75) is 32.6 Å². The molecule has 1 saturated carbocycles. The van der Waals surface area contributed by atoms with E-state index in [4.69, 9.17) is 4.74 Å². The van der Waals surface area contributed by atoms with Crippen LogP contribution in [-0.2, 0) is 0 Å². The van der Waals surface area contributed by atoms with E-state index in [1.54, 1.807) is 0 Å². The predicted octanol–water partition coefficient (Wildman–Crippen LogP) is 1.68. The molecule has 1 heterocycles. The lowest BCUT2D eigenvalue weighted by molar-refractivity contribution is 0.259. The van der Waals surface area contributed by atoms with Gasteiger partial charge in [0.05, 0.1) is 12.7 Å². The van der Waals surface area contributed by atoms with Crippen molar-refractivity contribution in [3.63, 3.8) is 0 Å². The Morgan fingerprint density at radius 2 is 2.33 bits per heavy atom. The fraction of sp³-hybridized carbons (Fsp3) is 0.636. The van der Waals surface area contributed by atoms with E-state index in [1.807, 2.05) is 0 Å². The van der Waals surface area contributed by atoms with Gasteiger partial charge in [-0.05, 0) is 18.8 Å². The average molecular weight is 208 g/mol. The van der Waals surface area contributed by atoms with Gasteiger partial charge in [0.25, 0.3) is 5.56 Å². The molecule has 0 unspecified atom stereocenters. The number of aromatic amines is 1. The van der Waals surface area contributed by atoms with Crippen LogP contribution in [0.15, 0.2) is 10.9 Å². The number of nitrogens with zero attached hydrogens (tertiary/aromatic N) is 1. The fourth-order valence-electron chi connectivity index (χ4n) is 1.33. The number of H-pyrrole nitrogens is 1. The zero-order valence-corrected chi connectivity index (χ0v) is 9.12. The molecule has 1 aromatic rings. The molecule has 1 aromatic heterocycles. The molecule has 4 heteroatoms. The molecule has 0 amide bonds. The van der Waals surface area contributed by atoms with Crippen molar-refractivity contribution < 1.29 is 4.74 Å². The van der Waals surface area contributed by atoms with Crippen LogP contribution in [0.5, 0.6) is 5.88 Å².